The summed E-state index contributed by atoms with van der Waals surface area (Å²) in [7, 11) is 0. The Morgan fingerprint density at radius 2 is 2.43 bits per heavy atom. The van der Waals surface area contributed by atoms with Crippen molar-refractivity contribution >= 4 is 0 Å². The van der Waals surface area contributed by atoms with Gasteiger partial charge in [-0.2, -0.15) is 0 Å². The lowest BCUT2D eigenvalue weighted by atomic mass is 10.1. The number of hydrogen-bond donors (Lipinski definition) is 1. The van der Waals surface area contributed by atoms with Crippen LogP contribution in [-0.4, -0.2) is 11.5 Å². The van der Waals surface area contributed by atoms with Crippen molar-refractivity contribution in [1.82, 2.24) is 10.3 Å². The second-order valence-corrected chi connectivity index (χ2v) is 3.34. The van der Waals surface area contributed by atoms with E-state index < -0.39 is 0 Å². The summed E-state index contributed by atoms with van der Waals surface area (Å²) in [6.07, 6.45) is 4.70. The first-order chi connectivity index (χ1) is 6.79. The number of aromatic nitrogens is 1. The molecule has 0 aromatic carbocycles. The van der Waals surface area contributed by atoms with Crippen LogP contribution in [-0.2, 0) is 0 Å². The molecule has 1 aromatic rings. The van der Waals surface area contributed by atoms with E-state index in [1.54, 1.807) is 0 Å². The summed E-state index contributed by atoms with van der Waals surface area (Å²) in [6.45, 7) is 8.92. The molecule has 0 aliphatic carbocycles. The predicted octanol–water partition coefficient (Wildman–Crippen LogP) is 2.62. The van der Waals surface area contributed by atoms with Gasteiger partial charge in [-0.1, -0.05) is 19.1 Å². The maximum Gasteiger partial charge on any atom is 0.0605 e. The highest BCUT2D eigenvalue weighted by Gasteiger charge is 2.11. The summed E-state index contributed by atoms with van der Waals surface area (Å²) in [5.74, 6) is 0. The summed E-state index contributed by atoms with van der Waals surface area (Å²) in [6, 6.07) is 4.37. The average molecular weight is 190 g/mol. The molecule has 0 amide bonds. The summed E-state index contributed by atoms with van der Waals surface area (Å²) in [5.41, 5.74) is 2.37. The molecule has 2 nitrogen and oxygen atoms in total. The Balaban J connectivity index is 2.86. The van der Waals surface area contributed by atoms with Gasteiger partial charge in [0, 0.05) is 6.20 Å². The standard InChI is InChI=1S/C12H18N2/c1-4-7-11(13-5-2)12-10(3)8-6-9-14-12/h4,6,8-9,11,13H,1,5,7H2,2-3H3. The summed E-state index contributed by atoms with van der Waals surface area (Å²) < 4.78 is 0. The van der Waals surface area contributed by atoms with Gasteiger partial charge in [-0.05, 0) is 31.5 Å². The molecule has 14 heavy (non-hydrogen) atoms. The van der Waals surface area contributed by atoms with Crippen molar-refractivity contribution in [2.75, 3.05) is 6.54 Å². The molecule has 1 aromatic heterocycles. The first-order valence-corrected chi connectivity index (χ1v) is 5.05. The van der Waals surface area contributed by atoms with Gasteiger partial charge in [-0.15, -0.1) is 6.58 Å². The molecule has 1 N–H and O–H groups in total. The van der Waals surface area contributed by atoms with Crippen LogP contribution in [0.4, 0.5) is 0 Å². The van der Waals surface area contributed by atoms with E-state index in [0.29, 0.717) is 6.04 Å². The van der Waals surface area contributed by atoms with Gasteiger partial charge < -0.3 is 5.32 Å². The highest BCUT2D eigenvalue weighted by Crippen LogP contribution is 2.17. The van der Waals surface area contributed by atoms with Crippen LogP contribution in [0.1, 0.15) is 30.6 Å². The monoisotopic (exact) mass is 190 g/mol. The second-order valence-electron chi connectivity index (χ2n) is 3.34. The minimum Gasteiger partial charge on any atom is -0.309 e. The van der Waals surface area contributed by atoms with E-state index in [1.165, 1.54) is 5.56 Å². The maximum atomic E-state index is 4.41. The Morgan fingerprint density at radius 3 is 3.00 bits per heavy atom. The lowest BCUT2D eigenvalue weighted by molar-refractivity contribution is 0.542. The van der Waals surface area contributed by atoms with Gasteiger partial charge >= 0.3 is 0 Å². The molecular formula is C12H18N2. The van der Waals surface area contributed by atoms with E-state index in [2.05, 4.69) is 36.8 Å². The fourth-order valence-corrected chi connectivity index (χ4v) is 1.57. The Bertz CT molecular complexity index is 294. The first-order valence-electron chi connectivity index (χ1n) is 5.05. The Morgan fingerprint density at radius 1 is 1.64 bits per heavy atom. The highest BCUT2D eigenvalue weighted by atomic mass is 14.9. The van der Waals surface area contributed by atoms with Gasteiger partial charge in [0.25, 0.3) is 0 Å². The molecule has 1 rings (SSSR count). The molecule has 0 saturated carbocycles. The maximum absolute atomic E-state index is 4.41. The molecule has 1 atom stereocenters. The molecule has 0 aliphatic rings. The third-order valence-corrected chi connectivity index (χ3v) is 2.23. The molecule has 1 heterocycles. The van der Waals surface area contributed by atoms with Crippen molar-refractivity contribution in [2.24, 2.45) is 0 Å². The van der Waals surface area contributed by atoms with Crippen LogP contribution in [0.5, 0.6) is 0 Å². The number of rotatable bonds is 5. The number of nitrogens with zero attached hydrogens (tertiary/aromatic N) is 1. The fraction of sp³-hybridized carbons (Fsp3) is 0.417. The number of nitrogens with one attached hydrogen (secondary N) is 1. The van der Waals surface area contributed by atoms with Crippen LogP contribution in [0.2, 0.25) is 0 Å². The zero-order valence-electron chi connectivity index (χ0n) is 8.96. The topological polar surface area (TPSA) is 24.9 Å². The van der Waals surface area contributed by atoms with Gasteiger partial charge in [-0.25, -0.2) is 0 Å². The molecule has 0 spiro atoms. The van der Waals surface area contributed by atoms with Crippen LogP contribution >= 0.6 is 0 Å². The molecule has 0 aliphatic heterocycles. The van der Waals surface area contributed by atoms with Crippen molar-refractivity contribution < 1.29 is 0 Å². The minimum absolute atomic E-state index is 0.304. The molecule has 2 heteroatoms. The molecule has 0 saturated heterocycles. The first kappa shape index (κ1) is 10.9. The number of aryl methyl sites for hydroxylation is 1. The van der Waals surface area contributed by atoms with Crippen molar-refractivity contribution in [3.63, 3.8) is 0 Å². The lowest BCUT2D eigenvalue weighted by Gasteiger charge is -2.17. The van der Waals surface area contributed by atoms with Gasteiger partial charge in [0.2, 0.25) is 0 Å². The Hall–Kier alpha value is -1.15. The van der Waals surface area contributed by atoms with Crippen LogP contribution < -0.4 is 5.32 Å². The molecule has 0 radical (unpaired) electrons. The Labute approximate surface area is 86.1 Å². The van der Waals surface area contributed by atoms with Crippen LogP contribution in [0.25, 0.3) is 0 Å². The third kappa shape index (κ3) is 2.67. The Kier molecular flexibility index (Phi) is 4.33. The zero-order chi connectivity index (χ0) is 10.4. The van der Waals surface area contributed by atoms with E-state index >= 15 is 0 Å². The summed E-state index contributed by atoms with van der Waals surface area (Å²) >= 11 is 0. The average Bonchev–Trinajstić information content (AvgIpc) is 2.18. The molecular weight excluding hydrogens is 172 g/mol. The van der Waals surface area contributed by atoms with E-state index in [9.17, 15) is 0 Å². The molecule has 0 bridgehead atoms. The summed E-state index contributed by atoms with van der Waals surface area (Å²) in [5, 5.41) is 3.41. The van der Waals surface area contributed by atoms with Gasteiger partial charge in [0.05, 0.1) is 11.7 Å². The van der Waals surface area contributed by atoms with Crippen LogP contribution in [0.15, 0.2) is 31.0 Å². The number of pyridine rings is 1. The number of hydrogen-bond acceptors (Lipinski definition) is 2. The SMILES string of the molecule is C=CCC(NCC)c1ncccc1C. The smallest absolute Gasteiger partial charge is 0.0605 e. The molecule has 76 valence electrons. The highest BCUT2D eigenvalue weighted by molar-refractivity contribution is 5.21. The van der Waals surface area contributed by atoms with Gasteiger partial charge in [0.1, 0.15) is 0 Å². The largest absolute Gasteiger partial charge is 0.309 e. The van der Waals surface area contributed by atoms with E-state index in [4.69, 9.17) is 0 Å². The van der Waals surface area contributed by atoms with E-state index in [-0.39, 0.29) is 0 Å². The van der Waals surface area contributed by atoms with Crippen molar-refractivity contribution in [1.29, 1.82) is 0 Å². The quantitative estimate of drug-likeness (QED) is 0.722. The van der Waals surface area contributed by atoms with Gasteiger partial charge in [-0.3, -0.25) is 4.98 Å². The minimum atomic E-state index is 0.304. The van der Waals surface area contributed by atoms with E-state index in [1.807, 2.05) is 18.3 Å². The van der Waals surface area contributed by atoms with Crippen LogP contribution in [0, 0.1) is 6.92 Å². The van der Waals surface area contributed by atoms with Crippen LogP contribution in [0.3, 0.4) is 0 Å². The third-order valence-electron chi connectivity index (χ3n) is 2.23. The van der Waals surface area contributed by atoms with E-state index in [0.717, 1.165) is 18.7 Å². The lowest BCUT2D eigenvalue weighted by Crippen LogP contribution is -2.22. The normalized spacial score (nSPS) is 12.4. The molecule has 0 fully saturated rings. The zero-order valence-corrected chi connectivity index (χ0v) is 8.96. The second kappa shape index (κ2) is 5.55. The summed E-state index contributed by atoms with van der Waals surface area (Å²) in [4.78, 5) is 4.41. The van der Waals surface area contributed by atoms with Gasteiger partial charge in [0.15, 0.2) is 0 Å². The van der Waals surface area contributed by atoms with Crippen molar-refractivity contribution in [3.05, 3.63) is 42.2 Å². The van der Waals surface area contributed by atoms with Crippen molar-refractivity contribution in [3.8, 4) is 0 Å². The van der Waals surface area contributed by atoms with Crippen molar-refractivity contribution in [2.45, 2.75) is 26.3 Å². The predicted molar refractivity (Wildman–Crippen MR) is 60.2 cm³/mol. The molecule has 1 unspecified atom stereocenters. The fourth-order valence-electron chi connectivity index (χ4n) is 1.57.